The zero-order valence-corrected chi connectivity index (χ0v) is 16.4. The quantitative estimate of drug-likeness (QED) is 0.784. The lowest BCUT2D eigenvalue weighted by molar-refractivity contribution is 0.0513. The number of esters is 1. The number of rotatable bonds is 6. The lowest BCUT2D eigenvalue weighted by atomic mass is 10.1. The highest BCUT2D eigenvalue weighted by atomic mass is 16.5. The van der Waals surface area contributed by atoms with E-state index in [1.165, 1.54) is 0 Å². The number of nitrogens with one attached hydrogen (secondary N) is 1. The summed E-state index contributed by atoms with van der Waals surface area (Å²) in [5.74, 6) is -0.469. The molecule has 5 nitrogen and oxygen atoms in total. The van der Waals surface area contributed by atoms with Gasteiger partial charge in [0, 0.05) is 18.3 Å². The van der Waals surface area contributed by atoms with Crippen LogP contribution in [0.4, 0.5) is 0 Å². The lowest BCUT2D eigenvalue weighted by Crippen LogP contribution is -2.33. The molecule has 1 heterocycles. The third-order valence-corrected chi connectivity index (χ3v) is 5.34. The molecule has 0 radical (unpaired) electrons. The van der Waals surface area contributed by atoms with Crippen LogP contribution in [-0.4, -0.2) is 29.1 Å². The minimum atomic E-state index is -0.381. The zero-order valence-electron chi connectivity index (χ0n) is 16.4. The number of hydrogen-bond acceptors (Lipinski definition) is 3. The van der Waals surface area contributed by atoms with Crippen molar-refractivity contribution in [2.45, 2.75) is 59.0 Å². The van der Waals surface area contributed by atoms with Crippen LogP contribution >= 0.6 is 0 Å². The zero-order chi connectivity index (χ0) is 19.4. The van der Waals surface area contributed by atoms with Crippen molar-refractivity contribution in [1.29, 1.82) is 0 Å². The second kappa shape index (κ2) is 8.42. The van der Waals surface area contributed by atoms with Gasteiger partial charge in [0.25, 0.3) is 5.91 Å². The van der Waals surface area contributed by atoms with Gasteiger partial charge < -0.3 is 14.6 Å². The van der Waals surface area contributed by atoms with Gasteiger partial charge in [0.1, 0.15) is 5.69 Å². The smallest absolute Gasteiger partial charge is 0.355 e. The van der Waals surface area contributed by atoms with E-state index in [1.807, 2.05) is 48.7 Å². The van der Waals surface area contributed by atoms with Gasteiger partial charge >= 0.3 is 5.97 Å². The van der Waals surface area contributed by atoms with E-state index in [4.69, 9.17) is 4.74 Å². The van der Waals surface area contributed by atoms with Crippen LogP contribution in [0.15, 0.2) is 30.3 Å². The van der Waals surface area contributed by atoms with Crippen molar-refractivity contribution in [2.24, 2.45) is 0 Å². The van der Waals surface area contributed by atoms with Crippen LogP contribution < -0.4 is 5.32 Å². The van der Waals surface area contributed by atoms with E-state index < -0.39 is 0 Å². The Morgan fingerprint density at radius 3 is 2.44 bits per heavy atom. The van der Waals surface area contributed by atoms with Crippen LogP contribution in [0.1, 0.15) is 70.3 Å². The number of hydrogen-bond donors (Lipinski definition) is 1. The molecule has 2 aromatic rings. The minimum absolute atomic E-state index is 0.0886. The van der Waals surface area contributed by atoms with E-state index in [0.29, 0.717) is 30.0 Å². The Morgan fingerprint density at radius 1 is 1.15 bits per heavy atom. The van der Waals surface area contributed by atoms with Gasteiger partial charge in [-0.3, -0.25) is 4.79 Å². The molecule has 1 aromatic carbocycles. The fraction of sp³-hybridized carbons (Fsp3) is 0.455. The molecule has 0 bridgehead atoms. The van der Waals surface area contributed by atoms with Crippen molar-refractivity contribution in [3.63, 3.8) is 0 Å². The number of ether oxygens (including phenoxy) is 1. The highest BCUT2D eigenvalue weighted by Gasteiger charge is 2.28. The predicted octanol–water partition coefficient (Wildman–Crippen LogP) is 4.00. The Labute approximate surface area is 160 Å². The van der Waals surface area contributed by atoms with Crippen molar-refractivity contribution < 1.29 is 14.3 Å². The molecule has 0 unspecified atom stereocenters. The third kappa shape index (κ3) is 4.07. The molecule has 1 amide bonds. The fourth-order valence-electron chi connectivity index (χ4n) is 3.98. The van der Waals surface area contributed by atoms with Gasteiger partial charge in [-0.15, -0.1) is 0 Å². The molecule has 0 saturated heterocycles. The maximum atomic E-state index is 13.0. The number of aromatic nitrogens is 1. The lowest BCUT2D eigenvalue weighted by Gasteiger charge is -2.13. The normalized spacial score (nSPS) is 14.3. The first-order chi connectivity index (χ1) is 13.0. The molecule has 1 aromatic heterocycles. The molecule has 0 spiro atoms. The van der Waals surface area contributed by atoms with Gasteiger partial charge in [-0.05, 0) is 44.7 Å². The summed E-state index contributed by atoms with van der Waals surface area (Å²) >= 11 is 0. The summed E-state index contributed by atoms with van der Waals surface area (Å²) in [5, 5.41) is 3.15. The van der Waals surface area contributed by atoms with Gasteiger partial charge in [0.2, 0.25) is 0 Å². The highest BCUT2D eigenvalue weighted by Crippen LogP contribution is 2.26. The molecule has 27 heavy (non-hydrogen) atoms. The van der Waals surface area contributed by atoms with E-state index >= 15 is 0 Å². The highest BCUT2D eigenvalue weighted by molar-refractivity contribution is 6.01. The average Bonchev–Trinajstić information content (AvgIpc) is 3.23. The first-order valence-corrected chi connectivity index (χ1v) is 9.74. The van der Waals surface area contributed by atoms with Gasteiger partial charge in [-0.1, -0.05) is 43.2 Å². The van der Waals surface area contributed by atoms with Crippen molar-refractivity contribution in [2.75, 3.05) is 6.61 Å². The summed E-state index contributed by atoms with van der Waals surface area (Å²) in [6.07, 6.45) is 4.37. The predicted molar refractivity (Wildman–Crippen MR) is 105 cm³/mol. The van der Waals surface area contributed by atoms with Gasteiger partial charge in [-0.2, -0.15) is 0 Å². The maximum Gasteiger partial charge on any atom is 0.355 e. The van der Waals surface area contributed by atoms with E-state index in [9.17, 15) is 9.59 Å². The first kappa shape index (κ1) is 19.2. The van der Waals surface area contributed by atoms with E-state index in [2.05, 4.69) is 5.32 Å². The molecular weight excluding hydrogens is 340 g/mol. The number of nitrogens with zero attached hydrogens (tertiary/aromatic N) is 1. The molecular formula is C22H28N2O3. The molecule has 1 N–H and O–H groups in total. The summed E-state index contributed by atoms with van der Waals surface area (Å²) in [6, 6.07) is 10.2. The molecule has 5 heteroatoms. The van der Waals surface area contributed by atoms with Gasteiger partial charge in [-0.25, -0.2) is 4.79 Å². The number of amides is 1. The Kier molecular flexibility index (Phi) is 5.99. The summed E-state index contributed by atoms with van der Waals surface area (Å²) in [4.78, 5) is 25.6. The molecule has 144 valence electrons. The molecule has 1 saturated carbocycles. The minimum Gasteiger partial charge on any atom is -0.461 e. The third-order valence-electron chi connectivity index (χ3n) is 5.34. The van der Waals surface area contributed by atoms with Crippen molar-refractivity contribution in [3.05, 3.63) is 58.4 Å². The standard InChI is InChI=1S/C22H28N2O3/c1-4-27-22(26)20-15(2)19(21(25)23-18-12-8-9-13-18)16(3)24(20)14-17-10-6-5-7-11-17/h5-7,10-11,18H,4,8-9,12-14H2,1-3H3,(H,23,25). The second-order valence-corrected chi connectivity index (χ2v) is 7.18. The summed E-state index contributed by atoms with van der Waals surface area (Å²) in [5.41, 5.74) is 3.63. The molecule has 1 aliphatic rings. The van der Waals surface area contributed by atoms with E-state index in [-0.39, 0.29) is 17.9 Å². The largest absolute Gasteiger partial charge is 0.461 e. The van der Waals surface area contributed by atoms with E-state index in [1.54, 1.807) is 6.92 Å². The molecule has 0 atom stereocenters. The Balaban J connectivity index is 1.99. The van der Waals surface area contributed by atoms with Crippen LogP contribution in [0.5, 0.6) is 0 Å². The van der Waals surface area contributed by atoms with Crippen molar-refractivity contribution >= 4 is 11.9 Å². The van der Waals surface area contributed by atoms with Crippen LogP contribution in [0, 0.1) is 13.8 Å². The SMILES string of the molecule is CCOC(=O)c1c(C)c(C(=O)NC2CCCC2)c(C)n1Cc1ccccc1. The van der Waals surface area contributed by atoms with Gasteiger partial charge in [0.15, 0.2) is 0 Å². The fourth-order valence-corrected chi connectivity index (χ4v) is 3.98. The Hall–Kier alpha value is -2.56. The van der Waals surface area contributed by atoms with Crippen LogP contribution in [0.25, 0.3) is 0 Å². The average molecular weight is 368 g/mol. The monoisotopic (exact) mass is 368 g/mol. The molecule has 1 fully saturated rings. The molecule has 1 aliphatic carbocycles. The summed E-state index contributed by atoms with van der Waals surface area (Å²) < 4.78 is 7.19. The maximum absolute atomic E-state index is 13.0. The molecule has 3 rings (SSSR count). The molecule has 0 aliphatic heterocycles. The summed E-state index contributed by atoms with van der Waals surface area (Å²) in [7, 11) is 0. The number of carbonyl (C=O) groups is 2. The van der Waals surface area contributed by atoms with Crippen molar-refractivity contribution in [1.82, 2.24) is 9.88 Å². The Bertz CT molecular complexity index is 818. The summed E-state index contributed by atoms with van der Waals surface area (Å²) in [6.45, 7) is 6.36. The Morgan fingerprint density at radius 2 is 1.81 bits per heavy atom. The first-order valence-electron chi connectivity index (χ1n) is 9.74. The van der Waals surface area contributed by atoms with Gasteiger partial charge in [0.05, 0.1) is 12.2 Å². The van der Waals surface area contributed by atoms with E-state index in [0.717, 1.165) is 36.9 Å². The van der Waals surface area contributed by atoms with Crippen LogP contribution in [0.2, 0.25) is 0 Å². The second-order valence-electron chi connectivity index (χ2n) is 7.18. The van der Waals surface area contributed by atoms with Crippen LogP contribution in [-0.2, 0) is 11.3 Å². The topological polar surface area (TPSA) is 60.3 Å². The van der Waals surface area contributed by atoms with Crippen LogP contribution in [0.3, 0.4) is 0 Å². The number of benzene rings is 1. The van der Waals surface area contributed by atoms with Crippen molar-refractivity contribution in [3.8, 4) is 0 Å². The number of carbonyl (C=O) groups excluding carboxylic acids is 2.